The first-order chi connectivity index (χ1) is 4.43. The predicted molar refractivity (Wildman–Crippen MR) is 36.5 cm³/mol. The van der Waals surface area contributed by atoms with Gasteiger partial charge in [-0.2, -0.15) is 0 Å². The molecule has 0 fully saturated rings. The Balaban J connectivity index is 2.76. The van der Waals surface area contributed by atoms with Gasteiger partial charge in [-0.1, -0.05) is 12.0 Å². The van der Waals surface area contributed by atoms with Crippen LogP contribution in [0, 0.1) is 18.8 Å². The fraction of sp³-hybridized carbons (Fsp3) is 0. The lowest BCUT2D eigenvalue weighted by atomic mass is 10.2. The Bertz CT molecular complexity index is 208. The molecule has 0 aliphatic heterocycles. The number of hydrogen-bond acceptors (Lipinski definition) is 1. The number of nitrogens with zero attached hydrogens (tertiary/aromatic N) is 1. The highest BCUT2D eigenvalue weighted by Gasteiger charge is 1.84. The summed E-state index contributed by atoms with van der Waals surface area (Å²) in [4.78, 5) is 3.88. The van der Waals surface area contributed by atoms with E-state index < -0.39 is 0 Å². The molecule has 1 aromatic rings. The molecule has 1 heteroatoms. The third-order valence-electron chi connectivity index (χ3n) is 0.934. The molecule has 0 N–H and O–H groups in total. The fourth-order valence-corrected chi connectivity index (χ4v) is 0.558. The molecular formula is C8H6N. The zero-order chi connectivity index (χ0) is 6.53. The number of terminal acetylenes is 1. The van der Waals surface area contributed by atoms with Crippen LogP contribution in [-0.4, -0.2) is 4.98 Å². The summed E-state index contributed by atoms with van der Waals surface area (Å²) in [5.74, 6) is 2.42. The average molecular weight is 116 g/mol. The Morgan fingerprint density at radius 2 is 2.56 bits per heavy atom. The number of pyridine rings is 1. The van der Waals surface area contributed by atoms with Crippen molar-refractivity contribution >= 4 is 0 Å². The second-order valence-electron chi connectivity index (χ2n) is 1.60. The maximum atomic E-state index is 5.03. The molecule has 0 unspecified atom stereocenters. The monoisotopic (exact) mass is 116 g/mol. The molecule has 0 aliphatic carbocycles. The van der Waals surface area contributed by atoms with Crippen molar-refractivity contribution in [2.24, 2.45) is 0 Å². The van der Waals surface area contributed by atoms with Crippen LogP contribution in [0.25, 0.3) is 0 Å². The Morgan fingerprint density at radius 1 is 1.67 bits per heavy atom. The Morgan fingerprint density at radius 3 is 3.11 bits per heavy atom. The number of rotatable bonds is 1. The van der Waals surface area contributed by atoms with Gasteiger partial charge in [-0.3, -0.25) is 4.98 Å². The first-order valence-electron chi connectivity index (χ1n) is 2.63. The molecule has 0 atom stereocenters. The first kappa shape index (κ1) is 5.84. The van der Waals surface area contributed by atoms with Gasteiger partial charge in [-0.15, -0.1) is 6.42 Å². The van der Waals surface area contributed by atoms with E-state index in [0.29, 0.717) is 0 Å². The van der Waals surface area contributed by atoms with Crippen molar-refractivity contribution in [1.82, 2.24) is 4.98 Å². The summed E-state index contributed by atoms with van der Waals surface area (Å²) >= 11 is 0. The van der Waals surface area contributed by atoms with E-state index in [1.54, 1.807) is 18.8 Å². The summed E-state index contributed by atoms with van der Waals surface area (Å²) in [6.45, 7) is 0. The van der Waals surface area contributed by atoms with Crippen molar-refractivity contribution in [1.29, 1.82) is 0 Å². The van der Waals surface area contributed by atoms with E-state index in [9.17, 15) is 0 Å². The minimum atomic E-state index is 0.972. The number of hydrogen-bond donors (Lipinski definition) is 0. The standard InChI is InChI=1S/C8H6N/c1-2-4-8-5-3-6-9-7-8/h1,3-7H. The molecule has 1 radical (unpaired) electrons. The van der Waals surface area contributed by atoms with Crippen molar-refractivity contribution in [3.05, 3.63) is 36.5 Å². The topological polar surface area (TPSA) is 12.9 Å². The van der Waals surface area contributed by atoms with Gasteiger partial charge < -0.3 is 0 Å². The first-order valence-corrected chi connectivity index (χ1v) is 2.63. The summed E-state index contributed by atoms with van der Waals surface area (Å²) in [6, 6.07) is 3.76. The summed E-state index contributed by atoms with van der Waals surface area (Å²) in [6.07, 6.45) is 10.1. The van der Waals surface area contributed by atoms with E-state index in [1.807, 2.05) is 12.1 Å². The normalized spacial score (nSPS) is 8.33. The quantitative estimate of drug-likeness (QED) is 0.503. The molecule has 0 amide bonds. The lowest BCUT2D eigenvalue weighted by Crippen LogP contribution is -1.77. The van der Waals surface area contributed by atoms with Gasteiger partial charge in [0.2, 0.25) is 0 Å². The maximum absolute atomic E-state index is 5.03. The van der Waals surface area contributed by atoms with Crippen molar-refractivity contribution in [2.45, 2.75) is 0 Å². The van der Waals surface area contributed by atoms with Gasteiger partial charge in [-0.25, -0.2) is 0 Å². The Hall–Kier alpha value is -1.29. The Labute approximate surface area is 54.7 Å². The van der Waals surface area contributed by atoms with E-state index >= 15 is 0 Å². The van der Waals surface area contributed by atoms with E-state index in [0.717, 1.165) is 5.56 Å². The van der Waals surface area contributed by atoms with Crippen LogP contribution in [0.1, 0.15) is 5.56 Å². The molecule has 43 valence electrons. The average Bonchev–Trinajstić information content (AvgIpc) is 1.91. The van der Waals surface area contributed by atoms with Gasteiger partial charge in [0.05, 0.1) is 6.42 Å². The molecule has 0 spiro atoms. The second kappa shape index (κ2) is 2.88. The van der Waals surface area contributed by atoms with Crippen molar-refractivity contribution in [3.63, 3.8) is 0 Å². The van der Waals surface area contributed by atoms with Gasteiger partial charge in [0.25, 0.3) is 0 Å². The van der Waals surface area contributed by atoms with Gasteiger partial charge in [0, 0.05) is 12.4 Å². The van der Waals surface area contributed by atoms with Crippen LogP contribution in [-0.2, 0) is 0 Å². The molecule has 1 nitrogen and oxygen atoms in total. The summed E-state index contributed by atoms with van der Waals surface area (Å²) in [5.41, 5.74) is 0.972. The minimum absolute atomic E-state index is 0.972. The predicted octanol–water partition coefficient (Wildman–Crippen LogP) is 1.27. The van der Waals surface area contributed by atoms with Crippen molar-refractivity contribution in [3.8, 4) is 12.3 Å². The third-order valence-corrected chi connectivity index (χ3v) is 0.934. The summed E-state index contributed by atoms with van der Waals surface area (Å²) < 4.78 is 0. The van der Waals surface area contributed by atoms with E-state index in [1.165, 1.54) is 0 Å². The molecule has 0 saturated carbocycles. The van der Waals surface area contributed by atoms with Gasteiger partial charge in [-0.05, 0) is 11.6 Å². The highest BCUT2D eigenvalue weighted by Crippen LogP contribution is 1.96. The molecule has 1 rings (SSSR count). The van der Waals surface area contributed by atoms with Crippen LogP contribution in [0.15, 0.2) is 24.5 Å². The molecule has 0 bridgehead atoms. The lowest BCUT2D eigenvalue weighted by Gasteiger charge is -1.88. The van der Waals surface area contributed by atoms with Gasteiger partial charge in [0.15, 0.2) is 0 Å². The minimum Gasteiger partial charge on any atom is -0.264 e. The van der Waals surface area contributed by atoms with Crippen LogP contribution in [0.2, 0.25) is 0 Å². The fourth-order valence-electron chi connectivity index (χ4n) is 0.558. The zero-order valence-corrected chi connectivity index (χ0v) is 4.91. The van der Waals surface area contributed by atoms with E-state index in [4.69, 9.17) is 6.42 Å². The van der Waals surface area contributed by atoms with Gasteiger partial charge >= 0.3 is 0 Å². The molecule has 0 aromatic carbocycles. The van der Waals surface area contributed by atoms with Crippen molar-refractivity contribution in [2.75, 3.05) is 0 Å². The smallest absolute Gasteiger partial charge is 0.0643 e. The largest absolute Gasteiger partial charge is 0.264 e. The Kier molecular flexibility index (Phi) is 1.87. The van der Waals surface area contributed by atoms with Crippen LogP contribution >= 0.6 is 0 Å². The molecule has 9 heavy (non-hydrogen) atoms. The lowest BCUT2D eigenvalue weighted by molar-refractivity contribution is 1.29. The maximum Gasteiger partial charge on any atom is 0.0643 e. The van der Waals surface area contributed by atoms with Crippen LogP contribution in [0.3, 0.4) is 0 Å². The van der Waals surface area contributed by atoms with E-state index in [-0.39, 0.29) is 0 Å². The molecule has 1 heterocycles. The highest BCUT2D eigenvalue weighted by molar-refractivity contribution is 5.27. The molecular weight excluding hydrogens is 110 g/mol. The van der Waals surface area contributed by atoms with Crippen LogP contribution < -0.4 is 0 Å². The molecule has 1 aromatic heterocycles. The number of aromatic nitrogens is 1. The zero-order valence-electron chi connectivity index (χ0n) is 4.91. The summed E-state index contributed by atoms with van der Waals surface area (Å²) in [5, 5.41) is 0. The van der Waals surface area contributed by atoms with Crippen molar-refractivity contribution < 1.29 is 0 Å². The SMILES string of the molecule is C#C[CH]c1cccnc1. The molecule has 0 aliphatic rings. The molecule has 0 saturated heterocycles. The van der Waals surface area contributed by atoms with Crippen LogP contribution in [0.5, 0.6) is 0 Å². The van der Waals surface area contributed by atoms with E-state index in [2.05, 4.69) is 10.9 Å². The third kappa shape index (κ3) is 1.58. The van der Waals surface area contributed by atoms with Crippen LogP contribution in [0.4, 0.5) is 0 Å². The second-order valence-corrected chi connectivity index (χ2v) is 1.60. The van der Waals surface area contributed by atoms with Gasteiger partial charge in [0.1, 0.15) is 0 Å². The summed E-state index contributed by atoms with van der Waals surface area (Å²) in [7, 11) is 0. The highest BCUT2D eigenvalue weighted by atomic mass is 14.6.